The number of carbonyl (C=O) groups excluding carboxylic acids is 3. The first-order valence-electron chi connectivity index (χ1n) is 8.65. The van der Waals surface area contributed by atoms with Crippen LogP contribution in [0.5, 0.6) is 0 Å². The number of imide groups is 1. The molecule has 0 atom stereocenters. The number of anilines is 1. The third-order valence-electron chi connectivity index (χ3n) is 4.21. The summed E-state index contributed by atoms with van der Waals surface area (Å²) in [7, 11) is 0. The van der Waals surface area contributed by atoms with E-state index in [4.69, 9.17) is 0 Å². The Kier molecular flexibility index (Phi) is 4.88. The molecule has 0 saturated heterocycles. The van der Waals surface area contributed by atoms with Crippen molar-refractivity contribution >= 4 is 23.5 Å². The monoisotopic (exact) mass is 354 g/mol. The molecule has 0 fully saturated rings. The third-order valence-corrected chi connectivity index (χ3v) is 4.21. The van der Waals surface area contributed by atoms with E-state index in [1.807, 2.05) is 6.92 Å². The van der Waals surface area contributed by atoms with E-state index in [9.17, 15) is 14.4 Å². The van der Waals surface area contributed by atoms with Gasteiger partial charge in [-0.25, -0.2) is 4.68 Å². The number of nitrogens with one attached hydrogen (secondary N) is 1. The van der Waals surface area contributed by atoms with Crippen LogP contribution >= 0.6 is 0 Å². The molecule has 3 amide bonds. The van der Waals surface area contributed by atoms with Crippen molar-refractivity contribution in [3.8, 4) is 0 Å². The van der Waals surface area contributed by atoms with E-state index in [2.05, 4.69) is 24.3 Å². The second kappa shape index (κ2) is 7.11. The standard InChI is InChI=1S/C19H22N4O3/c1-12(2)11-23-16(6-8-20-23)21-17(24)7-9-22-18(25)14-5-4-13(3)10-15(14)19(22)26/h4-6,8,10,12H,7,9,11H2,1-3H3,(H,21,24). The topological polar surface area (TPSA) is 84.3 Å². The summed E-state index contributed by atoms with van der Waals surface area (Å²) in [6, 6.07) is 6.90. The predicted molar refractivity (Wildman–Crippen MR) is 96.9 cm³/mol. The number of carbonyl (C=O) groups is 3. The lowest BCUT2D eigenvalue weighted by Gasteiger charge is -2.14. The van der Waals surface area contributed by atoms with Crippen LogP contribution in [0.2, 0.25) is 0 Å². The highest BCUT2D eigenvalue weighted by Gasteiger charge is 2.35. The fraction of sp³-hybridized carbons (Fsp3) is 0.368. The Morgan fingerprint density at radius 1 is 1.15 bits per heavy atom. The second-order valence-electron chi connectivity index (χ2n) is 6.90. The van der Waals surface area contributed by atoms with E-state index in [1.54, 1.807) is 35.1 Å². The van der Waals surface area contributed by atoms with Gasteiger partial charge in [0.1, 0.15) is 5.82 Å². The molecular formula is C19H22N4O3. The number of hydrogen-bond acceptors (Lipinski definition) is 4. The molecule has 26 heavy (non-hydrogen) atoms. The van der Waals surface area contributed by atoms with Crippen LogP contribution in [-0.2, 0) is 11.3 Å². The minimum Gasteiger partial charge on any atom is -0.311 e. The third kappa shape index (κ3) is 3.51. The summed E-state index contributed by atoms with van der Waals surface area (Å²) >= 11 is 0. The molecule has 0 spiro atoms. The Labute approximate surface area is 152 Å². The van der Waals surface area contributed by atoms with Crippen LogP contribution in [-0.4, -0.2) is 38.9 Å². The molecule has 0 unspecified atom stereocenters. The zero-order valence-electron chi connectivity index (χ0n) is 15.2. The molecule has 1 N–H and O–H groups in total. The molecule has 0 radical (unpaired) electrons. The summed E-state index contributed by atoms with van der Waals surface area (Å²) in [6.07, 6.45) is 1.67. The summed E-state index contributed by atoms with van der Waals surface area (Å²) in [4.78, 5) is 38.2. The van der Waals surface area contributed by atoms with Crippen LogP contribution in [0.1, 0.15) is 46.5 Å². The minimum absolute atomic E-state index is 0.0390. The maximum atomic E-state index is 12.4. The van der Waals surface area contributed by atoms with Gasteiger partial charge in [0.2, 0.25) is 5.91 Å². The van der Waals surface area contributed by atoms with Crippen molar-refractivity contribution in [3.63, 3.8) is 0 Å². The molecule has 0 aliphatic carbocycles. The van der Waals surface area contributed by atoms with Gasteiger partial charge in [-0.3, -0.25) is 19.3 Å². The first kappa shape index (κ1) is 17.8. The number of fused-ring (bicyclic) bond motifs is 1. The first-order valence-corrected chi connectivity index (χ1v) is 8.65. The number of nitrogens with zero attached hydrogens (tertiary/aromatic N) is 3. The molecule has 7 nitrogen and oxygen atoms in total. The Hall–Kier alpha value is -2.96. The van der Waals surface area contributed by atoms with Gasteiger partial charge in [0.15, 0.2) is 0 Å². The number of benzene rings is 1. The lowest BCUT2D eigenvalue weighted by Crippen LogP contribution is -2.33. The lowest BCUT2D eigenvalue weighted by atomic mass is 10.1. The highest BCUT2D eigenvalue weighted by atomic mass is 16.2. The summed E-state index contributed by atoms with van der Waals surface area (Å²) in [6.45, 7) is 6.75. The van der Waals surface area contributed by atoms with Crippen molar-refractivity contribution < 1.29 is 14.4 Å². The van der Waals surface area contributed by atoms with Crippen molar-refractivity contribution in [1.82, 2.24) is 14.7 Å². The van der Waals surface area contributed by atoms with E-state index < -0.39 is 0 Å². The largest absolute Gasteiger partial charge is 0.311 e. The van der Waals surface area contributed by atoms with Gasteiger partial charge in [-0.05, 0) is 25.0 Å². The lowest BCUT2D eigenvalue weighted by molar-refractivity contribution is -0.116. The van der Waals surface area contributed by atoms with Gasteiger partial charge in [0.05, 0.1) is 17.3 Å². The normalized spacial score (nSPS) is 13.5. The number of aromatic nitrogens is 2. The van der Waals surface area contributed by atoms with Crippen molar-refractivity contribution in [3.05, 3.63) is 47.2 Å². The summed E-state index contributed by atoms with van der Waals surface area (Å²) < 4.78 is 1.73. The van der Waals surface area contributed by atoms with Gasteiger partial charge in [-0.1, -0.05) is 25.5 Å². The summed E-state index contributed by atoms with van der Waals surface area (Å²) in [5, 5.41) is 6.98. The van der Waals surface area contributed by atoms with E-state index in [0.29, 0.717) is 29.4 Å². The Bertz CT molecular complexity index is 869. The molecule has 2 aromatic rings. The summed E-state index contributed by atoms with van der Waals surface area (Å²) in [5.41, 5.74) is 1.73. The highest BCUT2D eigenvalue weighted by molar-refractivity contribution is 6.21. The van der Waals surface area contributed by atoms with Gasteiger partial charge in [0.25, 0.3) is 11.8 Å². The maximum Gasteiger partial charge on any atom is 0.261 e. The Morgan fingerprint density at radius 2 is 1.88 bits per heavy atom. The van der Waals surface area contributed by atoms with Crippen LogP contribution in [0.25, 0.3) is 0 Å². The van der Waals surface area contributed by atoms with Gasteiger partial charge in [-0.15, -0.1) is 0 Å². The number of aryl methyl sites for hydroxylation is 1. The number of hydrogen-bond donors (Lipinski definition) is 1. The zero-order chi connectivity index (χ0) is 18.8. The number of rotatable bonds is 6. The van der Waals surface area contributed by atoms with Crippen molar-refractivity contribution in [2.45, 2.75) is 33.7 Å². The van der Waals surface area contributed by atoms with E-state index in [1.165, 1.54) is 0 Å². The Balaban J connectivity index is 1.61. The van der Waals surface area contributed by atoms with E-state index in [-0.39, 0.29) is 30.7 Å². The highest BCUT2D eigenvalue weighted by Crippen LogP contribution is 2.24. The SMILES string of the molecule is Cc1ccc2c(c1)C(=O)N(CCC(=O)Nc1ccnn1CC(C)C)C2=O. The van der Waals surface area contributed by atoms with Gasteiger partial charge in [0, 0.05) is 25.6 Å². The van der Waals surface area contributed by atoms with Gasteiger partial charge < -0.3 is 5.32 Å². The average Bonchev–Trinajstić information content (AvgIpc) is 3.09. The van der Waals surface area contributed by atoms with Crippen molar-refractivity contribution in [2.24, 2.45) is 5.92 Å². The van der Waals surface area contributed by atoms with E-state index in [0.717, 1.165) is 10.5 Å². The molecule has 136 valence electrons. The van der Waals surface area contributed by atoms with Crippen molar-refractivity contribution in [1.29, 1.82) is 0 Å². The van der Waals surface area contributed by atoms with Crippen LogP contribution in [0.4, 0.5) is 5.82 Å². The summed E-state index contributed by atoms with van der Waals surface area (Å²) in [5.74, 6) is 0.0614. The molecule has 1 aliphatic rings. The Morgan fingerprint density at radius 3 is 2.62 bits per heavy atom. The minimum atomic E-state index is -0.345. The van der Waals surface area contributed by atoms with Crippen LogP contribution in [0.3, 0.4) is 0 Å². The molecule has 0 saturated carbocycles. The van der Waals surface area contributed by atoms with Crippen LogP contribution in [0, 0.1) is 12.8 Å². The van der Waals surface area contributed by atoms with Crippen LogP contribution in [0.15, 0.2) is 30.5 Å². The molecule has 3 rings (SSSR count). The van der Waals surface area contributed by atoms with E-state index >= 15 is 0 Å². The quantitative estimate of drug-likeness (QED) is 0.808. The van der Waals surface area contributed by atoms with Crippen molar-refractivity contribution in [2.75, 3.05) is 11.9 Å². The van der Waals surface area contributed by atoms with Gasteiger partial charge >= 0.3 is 0 Å². The molecule has 1 aliphatic heterocycles. The number of amides is 3. The molecular weight excluding hydrogens is 332 g/mol. The first-order chi connectivity index (χ1) is 12.4. The zero-order valence-corrected chi connectivity index (χ0v) is 15.2. The molecule has 1 aromatic carbocycles. The predicted octanol–water partition coefficient (Wildman–Crippen LogP) is 2.47. The maximum absolute atomic E-state index is 12.4. The van der Waals surface area contributed by atoms with Crippen LogP contribution < -0.4 is 5.32 Å². The molecule has 1 aromatic heterocycles. The smallest absolute Gasteiger partial charge is 0.261 e. The fourth-order valence-corrected chi connectivity index (χ4v) is 2.96. The molecule has 0 bridgehead atoms. The second-order valence-corrected chi connectivity index (χ2v) is 6.90. The molecule has 7 heteroatoms. The average molecular weight is 354 g/mol. The fourth-order valence-electron chi connectivity index (χ4n) is 2.96. The molecule has 2 heterocycles. The van der Waals surface area contributed by atoms with Gasteiger partial charge in [-0.2, -0.15) is 5.10 Å².